The van der Waals surface area contributed by atoms with Gasteiger partial charge in [-0.15, -0.1) is 0 Å². The highest BCUT2D eigenvalue weighted by Gasteiger charge is 1.90. The van der Waals surface area contributed by atoms with Crippen molar-refractivity contribution in [1.29, 1.82) is 0 Å². The molecule has 0 unspecified atom stereocenters. The predicted octanol–water partition coefficient (Wildman–Crippen LogP) is 1.29. The van der Waals surface area contributed by atoms with Crippen LogP contribution >= 0.6 is 0 Å². The van der Waals surface area contributed by atoms with Crippen LogP contribution in [-0.4, -0.2) is 0 Å². The minimum absolute atomic E-state index is 0.0259. The lowest BCUT2D eigenvalue weighted by Gasteiger charge is -1.92. The first-order valence-corrected chi connectivity index (χ1v) is 2.79. The third kappa shape index (κ3) is 1.44. The van der Waals surface area contributed by atoms with E-state index < -0.39 is 0 Å². The van der Waals surface area contributed by atoms with Gasteiger partial charge in [-0.25, -0.2) is 0 Å². The van der Waals surface area contributed by atoms with Gasteiger partial charge < -0.3 is 5.73 Å². The van der Waals surface area contributed by atoms with E-state index in [0.29, 0.717) is 6.54 Å². The Morgan fingerprint density at radius 2 is 2.22 bits per heavy atom. The molecule has 0 saturated carbocycles. The van der Waals surface area contributed by atoms with E-state index in [-0.39, 0.29) is 5.75 Å². The SMILES string of the molecule is NCc1cccc([O])c1. The maximum Gasteiger partial charge on any atom is 0.178 e. The third-order valence-corrected chi connectivity index (χ3v) is 1.13. The van der Waals surface area contributed by atoms with Crippen LogP contribution < -0.4 is 5.73 Å². The molecule has 2 N–H and O–H groups in total. The van der Waals surface area contributed by atoms with Crippen molar-refractivity contribution in [3.63, 3.8) is 0 Å². The van der Waals surface area contributed by atoms with Gasteiger partial charge >= 0.3 is 0 Å². The lowest BCUT2D eigenvalue weighted by Crippen LogP contribution is -1.94. The molecule has 2 heteroatoms. The van der Waals surface area contributed by atoms with Gasteiger partial charge in [-0.05, 0) is 17.7 Å². The number of benzene rings is 1. The van der Waals surface area contributed by atoms with Gasteiger partial charge in [0.05, 0.1) is 0 Å². The lowest BCUT2D eigenvalue weighted by molar-refractivity contribution is 0.354. The topological polar surface area (TPSA) is 45.9 Å². The van der Waals surface area contributed by atoms with E-state index in [9.17, 15) is 5.11 Å². The second-order valence-corrected chi connectivity index (χ2v) is 1.85. The fourth-order valence-electron chi connectivity index (χ4n) is 0.672. The van der Waals surface area contributed by atoms with Crippen molar-refractivity contribution in [3.05, 3.63) is 29.8 Å². The van der Waals surface area contributed by atoms with Crippen LogP contribution in [-0.2, 0) is 11.7 Å². The van der Waals surface area contributed by atoms with Crippen molar-refractivity contribution in [3.8, 4) is 5.75 Å². The summed E-state index contributed by atoms with van der Waals surface area (Å²) >= 11 is 0. The first kappa shape index (κ1) is 6.11. The molecule has 2 nitrogen and oxygen atoms in total. The Labute approximate surface area is 53.9 Å². The molecule has 0 saturated heterocycles. The van der Waals surface area contributed by atoms with Crippen molar-refractivity contribution in [2.45, 2.75) is 6.54 Å². The molecule has 47 valence electrons. The zero-order valence-corrected chi connectivity index (χ0v) is 5.00. The van der Waals surface area contributed by atoms with Gasteiger partial charge in [0, 0.05) is 6.54 Å². The highest BCUT2D eigenvalue weighted by atomic mass is 16.3. The van der Waals surface area contributed by atoms with E-state index in [4.69, 9.17) is 5.73 Å². The number of hydrogen-bond donors (Lipinski definition) is 1. The van der Waals surface area contributed by atoms with Crippen LogP contribution in [0.25, 0.3) is 0 Å². The van der Waals surface area contributed by atoms with Crippen molar-refractivity contribution in [2.75, 3.05) is 0 Å². The van der Waals surface area contributed by atoms with E-state index in [0.717, 1.165) is 5.56 Å². The van der Waals surface area contributed by atoms with E-state index in [1.165, 1.54) is 6.07 Å². The smallest absolute Gasteiger partial charge is 0.178 e. The van der Waals surface area contributed by atoms with Gasteiger partial charge in [-0.1, -0.05) is 12.1 Å². The summed E-state index contributed by atoms with van der Waals surface area (Å²) in [5.74, 6) is 0.0259. The molecule has 1 aromatic rings. The summed E-state index contributed by atoms with van der Waals surface area (Å²) in [7, 11) is 0. The number of hydrogen-bond acceptors (Lipinski definition) is 1. The molecule has 0 aliphatic rings. The standard InChI is InChI=1S/C7H8NO/c8-5-6-2-1-3-7(9)4-6/h1-4H,5,8H2. The van der Waals surface area contributed by atoms with Gasteiger partial charge in [0.25, 0.3) is 0 Å². The molecule has 0 atom stereocenters. The highest BCUT2D eigenvalue weighted by Crippen LogP contribution is 2.10. The van der Waals surface area contributed by atoms with Crippen molar-refractivity contribution in [1.82, 2.24) is 0 Å². The molecule has 9 heavy (non-hydrogen) atoms. The Balaban J connectivity index is 2.94. The largest absolute Gasteiger partial charge is 0.326 e. The van der Waals surface area contributed by atoms with Crippen molar-refractivity contribution >= 4 is 0 Å². The van der Waals surface area contributed by atoms with Crippen LogP contribution in [0.3, 0.4) is 0 Å². The minimum Gasteiger partial charge on any atom is -0.326 e. The van der Waals surface area contributed by atoms with E-state index in [2.05, 4.69) is 0 Å². The summed E-state index contributed by atoms with van der Waals surface area (Å²) in [6, 6.07) is 6.60. The zero-order chi connectivity index (χ0) is 6.69. The van der Waals surface area contributed by atoms with Crippen LogP contribution in [0.1, 0.15) is 5.56 Å². The average molecular weight is 122 g/mol. The summed E-state index contributed by atoms with van der Waals surface area (Å²) in [5.41, 5.74) is 6.17. The molecule has 0 aromatic heterocycles. The average Bonchev–Trinajstić information content (AvgIpc) is 1.88. The summed E-state index contributed by atoms with van der Waals surface area (Å²) in [6.07, 6.45) is 0. The molecule has 0 amide bonds. The summed E-state index contributed by atoms with van der Waals surface area (Å²) in [6.45, 7) is 0.441. The van der Waals surface area contributed by atoms with Gasteiger partial charge in [0.15, 0.2) is 5.75 Å². The van der Waals surface area contributed by atoms with Crippen LogP contribution in [0.2, 0.25) is 0 Å². The molecule has 0 spiro atoms. The maximum atomic E-state index is 10.6. The van der Waals surface area contributed by atoms with Crippen molar-refractivity contribution in [2.24, 2.45) is 5.73 Å². The third-order valence-electron chi connectivity index (χ3n) is 1.13. The fraction of sp³-hybridized carbons (Fsp3) is 0.143. The Morgan fingerprint density at radius 1 is 1.44 bits per heavy atom. The van der Waals surface area contributed by atoms with E-state index in [1.807, 2.05) is 6.07 Å². The van der Waals surface area contributed by atoms with Gasteiger partial charge in [-0.2, -0.15) is 0 Å². The molecule has 0 aliphatic heterocycles. The predicted molar refractivity (Wildman–Crippen MR) is 34.5 cm³/mol. The van der Waals surface area contributed by atoms with E-state index >= 15 is 0 Å². The molecule has 0 aliphatic carbocycles. The maximum absolute atomic E-state index is 10.6. The summed E-state index contributed by atoms with van der Waals surface area (Å²) < 4.78 is 0. The number of nitrogens with two attached hydrogens (primary N) is 1. The minimum atomic E-state index is 0.0259. The molecule has 0 bridgehead atoms. The zero-order valence-electron chi connectivity index (χ0n) is 5.00. The summed E-state index contributed by atoms with van der Waals surface area (Å²) in [5, 5.41) is 10.6. The monoisotopic (exact) mass is 122 g/mol. The molecular formula is C7H8NO. The molecule has 1 radical (unpaired) electrons. The molecule has 0 fully saturated rings. The van der Waals surface area contributed by atoms with Crippen LogP contribution in [0.15, 0.2) is 24.3 Å². The molecule has 1 rings (SSSR count). The van der Waals surface area contributed by atoms with Crippen molar-refractivity contribution < 1.29 is 5.11 Å². The Hall–Kier alpha value is -1.02. The van der Waals surface area contributed by atoms with Crippen LogP contribution in [0.4, 0.5) is 0 Å². The molecular weight excluding hydrogens is 114 g/mol. The Bertz CT molecular complexity index is 198. The molecule has 0 heterocycles. The normalized spacial score (nSPS) is 9.44. The van der Waals surface area contributed by atoms with Crippen LogP contribution in [0.5, 0.6) is 5.75 Å². The van der Waals surface area contributed by atoms with E-state index in [1.54, 1.807) is 12.1 Å². The van der Waals surface area contributed by atoms with Gasteiger partial charge in [0.1, 0.15) is 0 Å². The molecule has 1 aromatic carbocycles. The fourth-order valence-corrected chi connectivity index (χ4v) is 0.672. The van der Waals surface area contributed by atoms with Crippen LogP contribution in [0, 0.1) is 0 Å². The quantitative estimate of drug-likeness (QED) is 0.599. The van der Waals surface area contributed by atoms with Gasteiger partial charge in [0.2, 0.25) is 0 Å². The lowest BCUT2D eigenvalue weighted by atomic mass is 10.2. The first-order valence-electron chi connectivity index (χ1n) is 2.79. The first-order chi connectivity index (χ1) is 4.33. The second kappa shape index (κ2) is 2.51. The second-order valence-electron chi connectivity index (χ2n) is 1.85. The highest BCUT2D eigenvalue weighted by molar-refractivity contribution is 5.26. The summed E-state index contributed by atoms with van der Waals surface area (Å²) in [4.78, 5) is 0. The Morgan fingerprint density at radius 3 is 2.67 bits per heavy atom. The number of rotatable bonds is 1. The Kier molecular flexibility index (Phi) is 1.70. The van der Waals surface area contributed by atoms with Gasteiger partial charge in [-0.3, -0.25) is 5.11 Å².